The molecule has 1 aromatic rings. The third-order valence-electron chi connectivity index (χ3n) is 6.18. The summed E-state index contributed by atoms with van der Waals surface area (Å²) in [6, 6.07) is 6.38. The molecule has 0 aromatic carbocycles. The molecule has 0 amide bonds. The van der Waals surface area contributed by atoms with E-state index in [2.05, 4.69) is 9.88 Å². The minimum atomic E-state index is -2.99. The monoisotopic (exact) mass is 350 g/mol. The smallest absolute Gasteiger partial charge is 0.158 e. The van der Waals surface area contributed by atoms with E-state index >= 15 is 0 Å². The van der Waals surface area contributed by atoms with Gasteiger partial charge in [-0.15, -0.1) is 0 Å². The van der Waals surface area contributed by atoms with Crippen molar-refractivity contribution in [2.45, 2.75) is 49.5 Å². The molecule has 1 spiro atoms. The van der Waals surface area contributed by atoms with Gasteiger partial charge in [-0.25, -0.2) is 8.42 Å². The Bertz CT molecular complexity index is 665. The zero-order valence-electron chi connectivity index (χ0n) is 14.1. The van der Waals surface area contributed by atoms with Gasteiger partial charge in [0.05, 0.1) is 24.7 Å². The van der Waals surface area contributed by atoms with Crippen molar-refractivity contribution < 1.29 is 13.2 Å². The van der Waals surface area contributed by atoms with Gasteiger partial charge in [-0.2, -0.15) is 0 Å². The fourth-order valence-electron chi connectivity index (χ4n) is 4.67. The molecule has 1 saturated carbocycles. The van der Waals surface area contributed by atoms with Gasteiger partial charge in [-0.05, 0) is 31.4 Å². The molecule has 3 heterocycles. The van der Waals surface area contributed by atoms with Gasteiger partial charge in [0, 0.05) is 31.2 Å². The fourth-order valence-corrected chi connectivity index (χ4v) is 7.09. The van der Waals surface area contributed by atoms with Crippen LogP contribution in [0.5, 0.6) is 0 Å². The minimum absolute atomic E-state index is 0.129. The highest BCUT2D eigenvalue weighted by Gasteiger charge is 2.62. The van der Waals surface area contributed by atoms with Crippen molar-refractivity contribution in [1.29, 1.82) is 0 Å². The topological polar surface area (TPSA) is 59.5 Å². The Labute approximate surface area is 144 Å². The van der Waals surface area contributed by atoms with Crippen LogP contribution >= 0.6 is 0 Å². The van der Waals surface area contributed by atoms with E-state index in [9.17, 15) is 8.42 Å². The number of nitrogens with zero attached hydrogens (tertiary/aromatic N) is 2. The maximum atomic E-state index is 12.7. The first-order chi connectivity index (χ1) is 11.6. The Morgan fingerprint density at radius 3 is 2.71 bits per heavy atom. The van der Waals surface area contributed by atoms with Crippen LogP contribution in [0.1, 0.15) is 37.8 Å². The van der Waals surface area contributed by atoms with E-state index in [1.54, 1.807) is 6.20 Å². The van der Waals surface area contributed by atoms with Crippen LogP contribution in [0.4, 0.5) is 0 Å². The molecule has 1 aromatic heterocycles. The molecule has 0 radical (unpaired) electrons. The number of likely N-dealkylation sites (tertiary alicyclic amines) is 1. The van der Waals surface area contributed by atoms with Crippen molar-refractivity contribution in [3.8, 4) is 0 Å². The summed E-state index contributed by atoms with van der Waals surface area (Å²) >= 11 is 0. The van der Waals surface area contributed by atoms with Crippen LogP contribution in [-0.4, -0.2) is 54.5 Å². The summed E-state index contributed by atoms with van der Waals surface area (Å²) < 4.78 is 30.7. The van der Waals surface area contributed by atoms with Gasteiger partial charge in [0.25, 0.3) is 0 Å². The van der Waals surface area contributed by atoms with E-state index in [4.69, 9.17) is 4.74 Å². The van der Waals surface area contributed by atoms with E-state index in [1.807, 2.05) is 18.2 Å². The molecule has 5 nitrogen and oxygen atoms in total. The summed E-state index contributed by atoms with van der Waals surface area (Å²) in [5.41, 5.74) is 0.897. The molecule has 0 unspecified atom stereocenters. The van der Waals surface area contributed by atoms with Crippen molar-refractivity contribution >= 4 is 9.84 Å². The highest BCUT2D eigenvalue weighted by atomic mass is 32.2. The number of pyridine rings is 1. The number of hydrogen-bond donors (Lipinski definition) is 0. The molecule has 1 atom stereocenters. The number of ether oxygens (including phenoxy) is 1. The molecule has 132 valence electrons. The standard InChI is InChI=1S/C18H26N2O3S/c21-24(22)10-8-15(11-23-12-16-5-3-4-9-19-16)18(24)13-20(14-18)17-6-1-2-7-17/h3-5,9,15,17H,1-2,6-8,10-14H2/t15-/m0/s1. The van der Waals surface area contributed by atoms with E-state index in [1.165, 1.54) is 25.7 Å². The largest absolute Gasteiger partial charge is 0.375 e. The summed E-state index contributed by atoms with van der Waals surface area (Å²) in [5, 5.41) is 0. The summed E-state index contributed by atoms with van der Waals surface area (Å²) in [5.74, 6) is 0.451. The summed E-state index contributed by atoms with van der Waals surface area (Å²) in [4.78, 5) is 6.66. The first kappa shape index (κ1) is 16.5. The molecule has 1 aliphatic carbocycles. The average Bonchev–Trinajstić information content (AvgIpc) is 3.13. The van der Waals surface area contributed by atoms with Gasteiger partial charge < -0.3 is 4.74 Å². The third-order valence-corrected chi connectivity index (χ3v) is 8.78. The Balaban J connectivity index is 1.38. The molecule has 2 saturated heterocycles. The zero-order valence-corrected chi connectivity index (χ0v) is 14.9. The maximum absolute atomic E-state index is 12.7. The summed E-state index contributed by atoms with van der Waals surface area (Å²) in [7, 11) is -2.99. The molecule has 3 fully saturated rings. The number of hydrogen-bond acceptors (Lipinski definition) is 5. The summed E-state index contributed by atoms with van der Waals surface area (Å²) in [6.45, 7) is 2.42. The van der Waals surface area contributed by atoms with Crippen LogP contribution in [0, 0.1) is 5.92 Å². The van der Waals surface area contributed by atoms with Crippen LogP contribution < -0.4 is 0 Å². The molecule has 3 aliphatic rings. The zero-order chi connectivity index (χ0) is 16.6. The van der Waals surface area contributed by atoms with Gasteiger partial charge in [-0.1, -0.05) is 18.9 Å². The fraction of sp³-hybridized carbons (Fsp3) is 0.722. The molecule has 24 heavy (non-hydrogen) atoms. The molecule has 4 rings (SSSR count). The van der Waals surface area contributed by atoms with E-state index in [0.29, 0.717) is 25.0 Å². The predicted molar refractivity (Wildman–Crippen MR) is 92.3 cm³/mol. The Morgan fingerprint density at radius 2 is 2.00 bits per heavy atom. The Hall–Kier alpha value is -0.980. The maximum Gasteiger partial charge on any atom is 0.158 e. The van der Waals surface area contributed by atoms with Crippen LogP contribution in [0.15, 0.2) is 24.4 Å². The van der Waals surface area contributed by atoms with Gasteiger partial charge >= 0.3 is 0 Å². The lowest BCUT2D eigenvalue weighted by molar-refractivity contribution is 0.00429. The second-order valence-electron chi connectivity index (χ2n) is 7.55. The Kier molecular flexibility index (Phi) is 4.39. The molecule has 0 bridgehead atoms. The highest BCUT2D eigenvalue weighted by Crippen LogP contribution is 2.47. The van der Waals surface area contributed by atoms with Crippen molar-refractivity contribution in [1.82, 2.24) is 9.88 Å². The van der Waals surface area contributed by atoms with Gasteiger partial charge in [0.1, 0.15) is 4.75 Å². The predicted octanol–water partition coefficient (Wildman–Crippen LogP) is 2.03. The second-order valence-corrected chi connectivity index (χ2v) is 10.00. The van der Waals surface area contributed by atoms with Crippen LogP contribution in [0.3, 0.4) is 0 Å². The lowest BCUT2D eigenvalue weighted by Crippen LogP contribution is -2.69. The van der Waals surface area contributed by atoms with Crippen LogP contribution in [-0.2, 0) is 21.2 Å². The van der Waals surface area contributed by atoms with E-state index < -0.39 is 14.6 Å². The second kappa shape index (κ2) is 6.39. The van der Waals surface area contributed by atoms with Crippen molar-refractivity contribution in [3.63, 3.8) is 0 Å². The normalized spacial score (nSPS) is 29.1. The average molecular weight is 350 g/mol. The molecule has 6 heteroatoms. The number of rotatable bonds is 5. The highest BCUT2D eigenvalue weighted by molar-refractivity contribution is 7.93. The van der Waals surface area contributed by atoms with Crippen molar-refractivity contribution in [2.24, 2.45) is 5.92 Å². The number of aromatic nitrogens is 1. The lowest BCUT2D eigenvalue weighted by Gasteiger charge is -2.52. The van der Waals surface area contributed by atoms with Crippen LogP contribution in [0.25, 0.3) is 0 Å². The van der Waals surface area contributed by atoms with E-state index in [0.717, 1.165) is 25.2 Å². The molecule has 0 N–H and O–H groups in total. The third kappa shape index (κ3) is 2.78. The molecule has 2 aliphatic heterocycles. The van der Waals surface area contributed by atoms with Gasteiger partial charge in [0.15, 0.2) is 9.84 Å². The number of sulfone groups is 1. The molecular weight excluding hydrogens is 324 g/mol. The quantitative estimate of drug-likeness (QED) is 0.813. The van der Waals surface area contributed by atoms with Crippen LogP contribution in [0.2, 0.25) is 0 Å². The SMILES string of the molecule is O=S1(=O)CC[C@@H](COCc2ccccn2)C12CN(C1CCCC1)C2. The van der Waals surface area contributed by atoms with Crippen molar-refractivity contribution in [3.05, 3.63) is 30.1 Å². The van der Waals surface area contributed by atoms with Crippen molar-refractivity contribution in [2.75, 3.05) is 25.4 Å². The first-order valence-corrected chi connectivity index (χ1v) is 10.7. The Morgan fingerprint density at radius 1 is 1.21 bits per heavy atom. The minimum Gasteiger partial charge on any atom is -0.375 e. The van der Waals surface area contributed by atoms with Gasteiger partial charge in [0.2, 0.25) is 0 Å². The van der Waals surface area contributed by atoms with E-state index in [-0.39, 0.29) is 5.92 Å². The lowest BCUT2D eigenvalue weighted by atomic mass is 9.82. The molecular formula is C18H26N2O3S. The van der Waals surface area contributed by atoms with Gasteiger partial charge in [-0.3, -0.25) is 9.88 Å². The first-order valence-electron chi connectivity index (χ1n) is 9.05. The summed E-state index contributed by atoms with van der Waals surface area (Å²) in [6.07, 6.45) is 7.54.